The fraction of sp³-hybridized carbons (Fsp3) is 0.375. The molecule has 3 N–H and O–H groups in total. The number of thiocarbonyl (C=S) groups is 1. The highest BCUT2D eigenvalue weighted by atomic mass is 35.5. The summed E-state index contributed by atoms with van der Waals surface area (Å²) < 4.78 is 39.8. The normalized spacial score (nSPS) is 18.7. The molecule has 5 nitrogen and oxygen atoms in total. The first-order valence-corrected chi connectivity index (χ1v) is 11.8. The SMILES string of the molecule is CN1C(=O)C(Nc2ccc(Cl)c(C(F)(F)F)c2)N=C(C2CCCCC2)c2ccccc21.NC=S. The van der Waals surface area contributed by atoms with Crippen LogP contribution in [0.1, 0.15) is 43.2 Å². The summed E-state index contributed by atoms with van der Waals surface area (Å²) in [6.45, 7) is 0. The van der Waals surface area contributed by atoms with Gasteiger partial charge in [-0.15, -0.1) is 0 Å². The van der Waals surface area contributed by atoms with Crippen molar-refractivity contribution >= 4 is 52.3 Å². The van der Waals surface area contributed by atoms with Crippen LogP contribution in [0.15, 0.2) is 47.5 Å². The van der Waals surface area contributed by atoms with Crippen LogP contribution in [0.25, 0.3) is 0 Å². The molecule has 2 aromatic carbocycles. The number of nitrogens with one attached hydrogen (secondary N) is 1. The van der Waals surface area contributed by atoms with E-state index in [1.165, 1.54) is 23.5 Å². The average molecular weight is 511 g/mol. The first kappa shape index (κ1) is 26.0. The van der Waals surface area contributed by atoms with E-state index in [0.29, 0.717) is 0 Å². The highest BCUT2D eigenvalue weighted by Gasteiger charge is 2.35. The number of hydrogen-bond acceptors (Lipinski definition) is 4. The molecule has 0 bridgehead atoms. The maximum atomic E-state index is 13.3. The van der Waals surface area contributed by atoms with Crippen molar-refractivity contribution in [2.45, 2.75) is 44.4 Å². The Morgan fingerprint density at radius 3 is 2.47 bits per heavy atom. The molecule has 1 aliphatic carbocycles. The Kier molecular flexibility index (Phi) is 8.54. The Labute approximate surface area is 207 Å². The molecule has 1 atom stereocenters. The monoisotopic (exact) mass is 510 g/mol. The third kappa shape index (κ3) is 5.88. The van der Waals surface area contributed by atoms with Gasteiger partial charge in [-0.1, -0.05) is 61.3 Å². The number of benzodiazepines with no additional fused rings is 1. The molecule has 0 aromatic heterocycles. The molecule has 2 aliphatic rings. The highest BCUT2D eigenvalue weighted by molar-refractivity contribution is 7.78. The van der Waals surface area contributed by atoms with E-state index in [9.17, 15) is 18.0 Å². The van der Waals surface area contributed by atoms with Crippen LogP contribution in [-0.2, 0) is 11.0 Å². The number of fused-ring (bicyclic) bond motifs is 1. The lowest BCUT2D eigenvalue weighted by atomic mass is 9.83. The van der Waals surface area contributed by atoms with Gasteiger partial charge in [-0.05, 0) is 37.1 Å². The number of alkyl halides is 3. The Balaban J connectivity index is 0.00000103. The number of carbonyl (C=O) groups is 1. The molecule has 1 amide bonds. The number of hydrogen-bond donors (Lipinski definition) is 2. The number of rotatable bonds is 3. The molecule has 2 aromatic rings. The topological polar surface area (TPSA) is 70.7 Å². The summed E-state index contributed by atoms with van der Waals surface area (Å²) in [6.07, 6.45) is -0.285. The maximum Gasteiger partial charge on any atom is 0.417 e. The fourth-order valence-corrected chi connectivity index (χ4v) is 4.56. The molecular formula is C24H26ClF3N4OS. The molecule has 4 rings (SSSR count). The van der Waals surface area contributed by atoms with Gasteiger partial charge in [0.05, 0.1) is 27.5 Å². The summed E-state index contributed by atoms with van der Waals surface area (Å²) in [4.78, 5) is 19.5. The van der Waals surface area contributed by atoms with E-state index in [1.54, 1.807) is 7.05 Å². The number of halogens is 4. The van der Waals surface area contributed by atoms with Crippen molar-refractivity contribution in [2.24, 2.45) is 16.6 Å². The molecule has 1 unspecified atom stereocenters. The van der Waals surface area contributed by atoms with Crippen molar-refractivity contribution in [3.05, 3.63) is 58.6 Å². The molecule has 10 heteroatoms. The number of para-hydroxylation sites is 1. The Morgan fingerprint density at radius 2 is 1.82 bits per heavy atom. The van der Waals surface area contributed by atoms with Crippen molar-refractivity contribution in [3.8, 4) is 0 Å². The summed E-state index contributed by atoms with van der Waals surface area (Å²) in [5.74, 6) is -0.115. The van der Waals surface area contributed by atoms with E-state index in [-0.39, 0.29) is 22.5 Å². The van der Waals surface area contributed by atoms with Gasteiger partial charge in [-0.2, -0.15) is 13.2 Å². The standard InChI is InChI=1S/C23H23ClF3N3O.CH3NS/c1-30-19-10-6-5-9-16(19)20(14-7-3-2-4-8-14)29-21(22(30)31)28-15-11-12-18(24)17(13-15)23(25,26)27;2-1-3/h5-6,9-14,21,28H,2-4,7-8H2,1H3;1H,(H2,2,3). The molecule has 1 heterocycles. The zero-order valence-electron chi connectivity index (χ0n) is 18.6. The molecule has 1 saturated carbocycles. The van der Waals surface area contributed by atoms with Gasteiger partial charge in [-0.3, -0.25) is 9.79 Å². The van der Waals surface area contributed by atoms with Crippen LogP contribution in [0, 0.1) is 5.92 Å². The van der Waals surface area contributed by atoms with Gasteiger partial charge >= 0.3 is 6.18 Å². The van der Waals surface area contributed by atoms with Crippen LogP contribution in [0.5, 0.6) is 0 Å². The minimum Gasteiger partial charge on any atom is -0.396 e. The van der Waals surface area contributed by atoms with Crippen LogP contribution in [0.3, 0.4) is 0 Å². The van der Waals surface area contributed by atoms with E-state index >= 15 is 0 Å². The number of likely N-dealkylation sites (N-methyl/N-ethyl adjacent to an activating group) is 1. The number of anilines is 2. The van der Waals surface area contributed by atoms with Crippen molar-refractivity contribution in [3.63, 3.8) is 0 Å². The van der Waals surface area contributed by atoms with Gasteiger partial charge < -0.3 is 16.0 Å². The summed E-state index contributed by atoms with van der Waals surface area (Å²) in [6, 6.07) is 11.1. The van der Waals surface area contributed by atoms with Crippen molar-refractivity contribution in [2.75, 3.05) is 17.3 Å². The predicted molar refractivity (Wildman–Crippen MR) is 135 cm³/mol. The minimum atomic E-state index is -4.59. The Morgan fingerprint density at radius 1 is 1.18 bits per heavy atom. The number of aliphatic imine (C=N–C) groups is 1. The van der Waals surface area contributed by atoms with E-state index in [2.05, 4.69) is 23.3 Å². The molecule has 34 heavy (non-hydrogen) atoms. The first-order chi connectivity index (χ1) is 16.2. The second kappa shape index (κ2) is 11.2. The van der Waals surface area contributed by atoms with Crippen LogP contribution in [0.4, 0.5) is 24.5 Å². The van der Waals surface area contributed by atoms with Gasteiger partial charge in [-0.25, -0.2) is 0 Å². The minimum absolute atomic E-state index is 0.140. The number of nitrogens with two attached hydrogens (primary N) is 1. The van der Waals surface area contributed by atoms with E-state index in [0.717, 1.165) is 54.2 Å². The van der Waals surface area contributed by atoms with Crippen molar-refractivity contribution in [1.82, 2.24) is 0 Å². The summed E-state index contributed by atoms with van der Waals surface area (Å²) in [5.41, 5.74) is 7.31. The second-order valence-corrected chi connectivity index (χ2v) is 8.82. The lowest BCUT2D eigenvalue weighted by Crippen LogP contribution is -2.39. The Bertz CT molecular complexity index is 1070. The molecule has 182 valence electrons. The third-order valence-electron chi connectivity index (χ3n) is 5.94. The number of nitrogens with zero attached hydrogens (tertiary/aromatic N) is 2. The third-order valence-corrected chi connectivity index (χ3v) is 6.27. The van der Waals surface area contributed by atoms with Crippen LogP contribution >= 0.6 is 23.8 Å². The zero-order chi connectivity index (χ0) is 24.9. The lowest BCUT2D eigenvalue weighted by molar-refractivity contribution is -0.137. The highest BCUT2D eigenvalue weighted by Crippen LogP contribution is 2.37. The van der Waals surface area contributed by atoms with Crippen molar-refractivity contribution < 1.29 is 18.0 Å². The molecule has 1 aliphatic heterocycles. The Hall–Kier alpha value is -2.65. The lowest BCUT2D eigenvalue weighted by Gasteiger charge is -2.25. The zero-order valence-corrected chi connectivity index (χ0v) is 20.2. The van der Waals surface area contributed by atoms with Crippen LogP contribution < -0.4 is 16.0 Å². The molecule has 0 saturated heterocycles. The van der Waals surface area contributed by atoms with Crippen molar-refractivity contribution in [1.29, 1.82) is 0 Å². The van der Waals surface area contributed by atoms with Crippen LogP contribution in [0.2, 0.25) is 5.02 Å². The second-order valence-electron chi connectivity index (χ2n) is 8.14. The quantitative estimate of drug-likeness (QED) is 0.493. The van der Waals surface area contributed by atoms with E-state index in [4.69, 9.17) is 16.6 Å². The summed E-state index contributed by atoms with van der Waals surface area (Å²) in [7, 11) is 1.66. The van der Waals surface area contributed by atoms with E-state index in [1.807, 2.05) is 24.3 Å². The fourth-order valence-electron chi connectivity index (χ4n) is 4.33. The maximum absolute atomic E-state index is 13.3. The summed E-state index contributed by atoms with van der Waals surface area (Å²) in [5, 5.41) is 2.52. The summed E-state index contributed by atoms with van der Waals surface area (Å²) >= 11 is 9.78. The average Bonchev–Trinajstić information content (AvgIpc) is 2.91. The number of carbonyl (C=O) groups excluding carboxylic acids is 1. The van der Waals surface area contributed by atoms with E-state index < -0.39 is 17.9 Å². The number of amides is 1. The van der Waals surface area contributed by atoms with Crippen LogP contribution in [-0.4, -0.2) is 30.3 Å². The molecule has 1 fully saturated rings. The van der Waals surface area contributed by atoms with Gasteiger partial charge in [0.2, 0.25) is 0 Å². The smallest absolute Gasteiger partial charge is 0.396 e. The molecular weight excluding hydrogens is 485 g/mol. The predicted octanol–water partition coefficient (Wildman–Crippen LogP) is 6.05. The van der Waals surface area contributed by atoms with Gasteiger partial charge in [0.15, 0.2) is 6.17 Å². The first-order valence-electron chi connectivity index (χ1n) is 10.9. The molecule has 0 radical (unpaired) electrons. The number of benzene rings is 2. The largest absolute Gasteiger partial charge is 0.417 e. The van der Waals surface area contributed by atoms with Gasteiger partial charge in [0, 0.05) is 24.2 Å². The molecule has 0 spiro atoms. The van der Waals surface area contributed by atoms with Gasteiger partial charge in [0.25, 0.3) is 5.91 Å². The van der Waals surface area contributed by atoms with Gasteiger partial charge in [0.1, 0.15) is 0 Å².